The van der Waals surface area contributed by atoms with Crippen LogP contribution in [0.1, 0.15) is 53.9 Å². The molecule has 1 saturated heterocycles. The van der Waals surface area contributed by atoms with Crippen LogP contribution in [0.2, 0.25) is 0 Å². The Morgan fingerprint density at radius 3 is 2.74 bits per heavy atom. The van der Waals surface area contributed by atoms with Gasteiger partial charge in [0, 0.05) is 37.0 Å². The lowest BCUT2D eigenvalue weighted by atomic mass is 10.1. The highest BCUT2D eigenvalue weighted by Gasteiger charge is 2.22. The molecule has 6 nitrogen and oxygen atoms in total. The molecule has 1 N–H and O–H groups in total. The molecule has 4 rings (SSSR count). The van der Waals surface area contributed by atoms with Gasteiger partial charge in [-0.1, -0.05) is 42.5 Å². The minimum Gasteiger partial charge on any atom is -0.451 e. The minimum absolute atomic E-state index is 0.0507. The predicted molar refractivity (Wildman–Crippen MR) is 118 cm³/mol. The lowest BCUT2D eigenvalue weighted by Gasteiger charge is -2.16. The van der Waals surface area contributed by atoms with Crippen molar-refractivity contribution in [2.24, 2.45) is 0 Å². The highest BCUT2D eigenvalue weighted by atomic mass is 16.5. The summed E-state index contributed by atoms with van der Waals surface area (Å²) in [6.07, 6.45) is 1.61. The summed E-state index contributed by atoms with van der Waals surface area (Å²) < 4.78 is 11.6. The molecule has 31 heavy (non-hydrogen) atoms. The van der Waals surface area contributed by atoms with Crippen molar-refractivity contribution in [2.75, 3.05) is 6.54 Å². The van der Waals surface area contributed by atoms with Crippen molar-refractivity contribution in [2.45, 2.75) is 52.5 Å². The van der Waals surface area contributed by atoms with E-state index in [1.54, 1.807) is 0 Å². The number of rotatable bonds is 8. The van der Waals surface area contributed by atoms with Gasteiger partial charge in [-0.3, -0.25) is 9.59 Å². The third-order valence-corrected chi connectivity index (χ3v) is 5.45. The lowest BCUT2D eigenvalue weighted by molar-refractivity contribution is -0.128. The Bertz CT molecular complexity index is 1090. The summed E-state index contributed by atoms with van der Waals surface area (Å²) in [6.45, 7) is 6.04. The van der Waals surface area contributed by atoms with Gasteiger partial charge in [-0.2, -0.15) is 0 Å². The Morgan fingerprint density at radius 2 is 1.97 bits per heavy atom. The number of nitrogens with zero attached hydrogens (tertiary/aromatic N) is 1. The number of ether oxygens (including phenoxy) is 1. The molecule has 0 bridgehead atoms. The number of hydrogen-bond acceptors (Lipinski definition) is 4. The molecule has 2 amide bonds. The second-order valence-corrected chi connectivity index (χ2v) is 8.19. The largest absolute Gasteiger partial charge is 0.451 e. The van der Waals surface area contributed by atoms with Crippen LogP contribution in [-0.4, -0.2) is 29.4 Å². The zero-order chi connectivity index (χ0) is 21.8. The summed E-state index contributed by atoms with van der Waals surface area (Å²) in [6, 6.07) is 15.6. The number of nitrogens with one attached hydrogen (secondary N) is 1. The standard InChI is InChI=1S/C25H28N2O4/c1-17(2)30-16-21-20-9-3-4-10-22(20)31-24(21)25(29)26-14-18-7-5-8-19(13-18)15-27-12-6-11-23(27)28/h3-5,7-10,13,17H,6,11-12,14-16H2,1-2H3,(H,26,29). The minimum atomic E-state index is -0.265. The van der Waals surface area contributed by atoms with Crippen LogP contribution < -0.4 is 5.32 Å². The van der Waals surface area contributed by atoms with Crippen LogP contribution in [0.25, 0.3) is 11.0 Å². The van der Waals surface area contributed by atoms with E-state index in [0.29, 0.717) is 37.5 Å². The molecule has 2 aromatic carbocycles. The first-order valence-electron chi connectivity index (χ1n) is 10.8. The number of para-hydroxylation sites is 1. The van der Waals surface area contributed by atoms with Crippen LogP contribution in [0.15, 0.2) is 52.9 Å². The van der Waals surface area contributed by atoms with Gasteiger partial charge in [0.2, 0.25) is 5.91 Å². The Labute approximate surface area is 182 Å². The van der Waals surface area contributed by atoms with Crippen molar-refractivity contribution in [1.29, 1.82) is 0 Å². The molecule has 6 heteroatoms. The summed E-state index contributed by atoms with van der Waals surface area (Å²) in [5, 5.41) is 3.86. The summed E-state index contributed by atoms with van der Waals surface area (Å²) in [5.74, 6) is 0.235. The van der Waals surface area contributed by atoms with Crippen LogP contribution in [0.3, 0.4) is 0 Å². The maximum atomic E-state index is 12.9. The summed E-state index contributed by atoms with van der Waals surface area (Å²) in [7, 11) is 0. The Morgan fingerprint density at radius 1 is 1.16 bits per heavy atom. The fourth-order valence-electron chi connectivity index (χ4n) is 3.87. The van der Waals surface area contributed by atoms with Gasteiger partial charge in [0.1, 0.15) is 5.58 Å². The molecule has 162 valence electrons. The van der Waals surface area contributed by atoms with Crippen molar-refractivity contribution in [3.8, 4) is 0 Å². The molecule has 1 aromatic heterocycles. The summed E-state index contributed by atoms with van der Waals surface area (Å²) in [4.78, 5) is 26.7. The van der Waals surface area contributed by atoms with Crippen LogP contribution in [-0.2, 0) is 29.2 Å². The van der Waals surface area contributed by atoms with Crippen molar-refractivity contribution < 1.29 is 18.7 Å². The van der Waals surface area contributed by atoms with E-state index in [1.165, 1.54) is 0 Å². The number of fused-ring (bicyclic) bond motifs is 1. The van der Waals surface area contributed by atoms with Gasteiger partial charge in [0.05, 0.1) is 12.7 Å². The fraction of sp³-hybridized carbons (Fsp3) is 0.360. The first-order chi connectivity index (χ1) is 15.0. The van der Waals surface area contributed by atoms with E-state index in [0.717, 1.165) is 35.0 Å². The lowest BCUT2D eigenvalue weighted by Crippen LogP contribution is -2.25. The molecule has 2 heterocycles. The maximum absolute atomic E-state index is 12.9. The van der Waals surface area contributed by atoms with E-state index in [2.05, 4.69) is 5.32 Å². The van der Waals surface area contributed by atoms with Gasteiger partial charge in [0.25, 0.3) is 5.91 Å². The number of amides is 2. The average molecular weight is 421 g/mol. The van der Waals surface area contributed by atoms with Gasteiger partial charge in [-0.05, 0) is 37.5 Å². The van der Waals surface area contributed by atoms with Crippen molar-refractivity contribution in [1.82, 2.24) is 10.2 Å². The van der Waals surface area contributed by atoms with Gasteiger partial charge in [0.15, 0.2) is 5.76 Å². The smallest absolute Gasteiger partial charge is 0.287 e. The Balaban J connectivity index is 1.46. The molecule has 0 aliphatic carbocycles. The maximum Gasteiger partial charge on any atom is 0.287 e. The molecule has 0 unspecified atom stereocenters. The van der Waals surface area contributed by atoms with Crippen molar-refractivity contribution >= 4 is 22.8 Å². The van der Waals surface area contributed by atoms with Gasteiger partial charge < -0.3 is 19.4 Å². The highest BCUT2D eigenvalue weighted by Crippen LogP contribution is 2.27. The van der Waals surface area contributed by atoms with Crippen LogP contribution in [0, 0.1) is 0 Å². The number of hydrogen-bond donors (Lipinski definition) is 1. The van der Waals surface area contributed by atoms with E-state index in [-0.39, 0.29) is 17.9 Å². The van der Waals surface area contributed by atoms with Crippen LogP contribution in [0.5, 0.6) is 0 Å². The zero-order valence-corrected chi connectivity index (χ0v) is 18.0. The molecule has 0 saturated carbocycles. The Kier molecular flexibility index (Phi) is 6.37. The third kappa shape index (κ3) is 4.97. The van der Waals surface area contributed by atoms with E-state index in [1.807, 2.05) is 67.3 Å². The van der Waals surface area contributed by atoms with Gasteiger partial charge >= 0.3 is 0 Å². The van der Waals surface area contributed by atoms with Crippen molar-refractivity contribution in [3.05, 3.63) is 71.0 Å². The summed E-state index contributed by atoms with van der Waals surface area (Å²) in [5.41, 5.74) is 3.49. The second-order valence-electron chi connectivity index (χ2n) is 8.19. The second kappa shape index (κ2) is 9.35. The molecule has 3 aromatic rings. The van der Waals surface area contributed by atoms with Crippen LogP contribution in [0.4, 0.5) is 0 Å². The number of carbonyl (C=O) groups is 2. The molecule has 0 atom stereocenters. The monoisotopic (exact) mass is 420 g/mol. The van der Waals surface area contributed by atoms with E-state index >= 15 is 0 Å². The molecular formula is C25H28N2O4. The number of benzene rings is 2. The Hall–Kier alpha value is -3.12. The first kappa shape index (κ1) is 21.1. The molecule has 1 aliphatic rings. The molecule has 1 aliphatic heterocycles. The molecular weight excluding hydrogens is 392 g/mol. The number of likely N-dealkylation sites (tertiary alicyclic amines) is 1. The zero-order valence-electron chi connectivity index (χ0n) is 18.0. The van der Waals surface area contributed by atoms with Gasteiger partial charge in [-0.15, -0.1) is 0 Å². The SMILES string of the molecule is CC(C)OCc1c(C(=O)NCc2cccc(CN3CCCC3=O)c2)oc2ccccc12. The fourth-order valence-corrected chi connectivity index (χ4v) is 3.87. The van der Waals surface area contributed by atoms with E-state index < -0.39 is 0 Å². The number of furan rings is 1. The van der Waals surface area contributed by atoms with Crippen LogP contribution >= 0.6 is 0 Å². The topological polar surface area (TPSA) is 71.8 Å². The third-order valence-electron chi connectivity index (χ3n) is 5.45. The summed E-state index contributed by atoms with van der Waals surface area (Å²) >= 11 is 0. The van der Waals surface area contributed by atoms with Gasteiger partial charge in [-0.25, -0.2) is 0 Å². The average Bonchev–Trinajstić information content (AvgIpc) is 3.34. The molecule has 0 spiro atoms. The van der Waals surface area contributed by atoms with E-state index in [4.69, 9.17) is 9.15 Å². The first-order valence-corrected chi connectivity index (χ1v) is 10.8. The number of carbonyl (C=O) groups excluding carboxylic acids is 2. The van der Waals surface area contributed by atoms with Crippen molar-refractivity contribution in [3.63, 3.8) is 0 Å². The van der Waals surface area contributed by atoms with E-state index in [9.17, 15) is 9.59 Å². The quantitative estimate of drug-likeness (QED) is 0.586. The molecule has 1 fully saturated rings. The predicted octanol–water partition coefficient (Wildman–Crippen LogP) is 4.41. The molecule has 0 radical (unpaired) electrons. The highest BCUT2D eigenvalue weighted by molar-refractivity contribution is 5.99. The normalized spacial score (nSPS) is 14.0.